The Hall–Kier alpha value is -3.02. The Labute approximate surface area is 155 Å². The molecule has 6 heteroatoms. The first kappa shape index (κ1) is 18.8. The second-order valence-corrected chi connectivity index (χ2v) is 6.20. The first-order chi connectivity index (χ1) is 12.8. The number of aromatic nitrogens is 2. The number of rotatable bonds is 5. The fraction of sp³-hybridized carbons (Fsp3) is 0.190. The van der Waals surface area contributed by atoms with Crippen molar-refractivity contribution in [1.82, 2.24) is 9.78 Å². The van der Waals surface area contributed by atoms with Crippen LogP contribution in [0.1, 0.15) is 23.6 Å². The molecule has 0 unspecified atom stereocenters. The minimum atomic E-state index is -4.42. The number of benzene rings is 2. The summed E-state index contributed by atoms with van der Waals surface area (Å²) < 4.78 is 47.8. The fourth-order valence-electron chi connectivity index (χ4n) is 3.07. The summed E-state index contributed by atoms with van der Waals surface area (Å²) in [6.45, 7) is 6.83. The Kier molecular flexibility index (Phi) is 5.08. The average Bonchev–Trinajstić information content (AvgIpc) is 2.92. The smallest absolute Gasteiger partial charge is 0.416 e. The lowest BCUT2D eigenvalue weighted by Gasteiger charge is -2.15. The van der Waals surface area contributed by atoms with E-state index in [0.717, 1.165) is 5.39 Å². The lowest BCUT2D eigenvalue weighted by molar-refractivity contribution is -0.138. The minimum absolute atomic E-state index is 0.00931. The number of halogens is 3. The van der Waals surface area contributed by atoms with Gasteiger partial charge in [-0.2, -0.15) is 13.2 Å². The van der Waals surface area contributed by atoms with Gasteiger partial charge in [-0.15, -0.1) is 5.10 Å². The first-order valence-corrected chi connectivity index (χ1v) is 8.39. The van der Waals surface area contributed by atoms with Gasteiger partial charge in [0, 0.05) is 0 Å². The van der Waals surface area contributed by atoms with Crippen LogP contribution in [0.4, 0.5) is 13.2 Å². The van der Waals surface area contributed by atoms with Gasteiger partial charge in [0.25, 0.3) is 0 Å². The standard InChI is InChI=1S/C21H19F3N2O/c1-4-8-15(3)27-20-17-11-5-6-12-18(17)26(25-20)13-16-10-7-9-14(2)19(16)21(22,23)24/h4-12H,1,13H2,2-3H3/b15-8-. The van der Waals surface area contributed by atoms with Gasteiger partial charge in [-0.1, -0.05) is 43.0 Å². The molecule has 0 amide bonds. The summed E-state index contributed by atoms with van der Waals surface area (Å²) in [5, 5.41) is 5.14. The number of ether oxygens (including phenoxy) is 1. The van der Waals surface area contributed by atoms with Crippen LogP contribution in [0.5, 0.6) is 5.88 Å². The molecule has 0 aliphatic heterocycles. The van der Waals surface area contributed by atoms with Crippen LogP contribution < -0.4 is 4.74 Å². The molecule has 1 aromatic heterocycles. The molecule has 0 spiro atoms. The van der Waals surface area contributed by atoms with Crippen LogP contribution in [-0.4, -0.2) is 9.78 Å². The molecule has 0 saturated heterocycles. The van der Waals surface area contributed by atoms with E-state index in [-0.39, 0.29) is 17.7 Å². The monoisotopic (exact) mass is 372 g/mol. The van der Waals surface area contributed by atoms with Crippen molar-refractivity contribution >= 4 is 10.9 Å². The van der Waals surface area contributed by atoms with Crippen molar-refractivity contribution in [3.8, 4) is 5.88 Å². The van der Waals surface area contributed by atoms with Crippen molar-refractivity contribution in [3.05, 3.63) is 83.6 Å². The van der Waals surface area contributed by atoms with Gasteiger partial charge >= 0.3 is 6.18 Å². The molecular weight excluding hydrogens is 353 g/mol. The molecule has 0 aliphatic carbocycles. The van der Waals surface area contributed by atoms with Crippen molar-refractivity contribution in [1.29, 1.82) is 0 Å². The van der Waals surface area contributed by atoms with Crippen molar-refractivity contribution in [2.45, 2.75) is 26.6 Å². The second kappa shape index (κ2) is 7.31. The first-order valence-electron chi connectivity index (χ1n) is 8.39. The lowest BCUT2D eigenvalue weighted by atomic mass is 10.0. The number of hydrogen-bond donors (Lipinski definition) is 0. The number of aryl methyl sites for hydroxylation is 1. The van der Waals surface area contributed by atoms with E-state index in [2.05, 4.69) is 11.7 Å². The summed E-state index contributed by atoms with van der Waals surface area (Å²) in [5.74, 6) is 0.939. The van der Waals surface area contributed by atoms with E-state index in [9.17, 15) is 13.2 Å². The molecule has 27 heavy (non-hydrogen) atoms. The highest BCUT2D eigenvalue weighted by molar-refractivity contribution is 5.84. The number of nitrogens with zero attached hydrogens (tertiary/aromatic N) is 2. The van der Waals surface area contributed by atoms with Gasteiger partial charge in [0.05, 0.1) is 23.0 Å². The van der Waals surface area contributed by atoms with Gasteiger partial charge < -0.3 is 4.74 Å². The Morgan fingerprint density at radius 1 is 1.19 bits per heavy atom. The van der Waals surface area contributed by atoms with Crippen molar-refractivity contribution in [3.63, 3.8) is 0 Å². The maximum Gasteiger partial charge on any atom is 0.416 e. The normalized spacial score (nSPS) is 12.4. The van der Waals surface area contributed by atoms with E-state index in [1.165, 1.54) is 23.7 Å². The van der Waals surface area contributed by atoms with Gasteiger partial charge in [0.15, 0.2) is 0 Å². The molecule has 0 fully saturated rings. The molecule has 0 aliphatic rings. The van der Waals surface area contributed by atoms with Crippen molar-refractivity contribution < 1.29 is 17.9 Å². The van der Waals surface area contributed by atoms with Crippen molar-refractivity contribution in [2.24, 2.45) is 0 Å². The molecule has 0 N–H and O–H groups in total. The van der Waals surface area contributed by atoms with Crippen LogP contribution in [-0.2, 0) is 12.7 Å². The highest BCUT2D eigenvalue weighted by atomic mass is 19.4. The molecule has 0 radical (unpaired) electrons. The second-order valence-electron chi connectivity index (χ2n) is 6.20. The van der Waals surface area contributed by atoms with E-state index in [1.807, 2.05) is 24.3 Å². The highest BCUT2D eigenvalue weighted by Crippen LogP contribution is 2.35. The maximum absolute atomic E-state index is 13.5. The summed E-state index contributed by atoms with van der Waals surface area (Å²) in [6.07, 6.45) is -1.14. The van der Waals surface area contributed by atoms with Crippen LogP contribution in [0.3, 0.4) is 0 Å². The van der Waals surface area contributed by atoms with E-state index in [1.54, 1.807) is 25.1 Å². The lowest BCUT2D eigenvalue weighted by Crippen LogP contribution is -2.14. The van der Waals surface area contributed by atoms with Crippen molar-refractivity contribution in [2.75, 3.05) is 0 Å². The molecule has 3 aromatic rings. The predicted octanol–water partition coefficient (Wildman–Crippen LogP) is 5.88. The molecule has 0 bridgehead atoms. The van der Waals surface area contributed by atoms with E-state index in [0.29, 0.717) is 17.2 Å². The molecule has 3 nitrogen and oxygen atoms in total. The van der Waals surface area contributed by atoms with Gasteiger partial charge in [0.1, 0.15) is 5.76 Å². The van der Waals surface area contributed by atoms with Crippen LogP contribution in [0.25, 0.3) is 10.9 Å². The Morgan fingerprint density at radius 3 is 2.63 bits per heavy atom. The highest BCUT2D eigenvalue weighted by Gasteiger charge is 2.35. The summed E-state index contributed by atoms with van der Waals surface area (Å²) >= 11 is 0. The van der Waals surface area contributed by atoms with E-state index in [4.69, 9.17) is 4.74 Å². The summed E-state index contributed by atoms with van der Waals surface area (Å²) in [5.41, 5.74) is 0.446. The molecule has 3 rings (SSSR count). The van der Waals surface area contributed by atoms with Gasteiger partial charge in [-0.05, 0) is 43.2 Å². The number of fused-ring (bicyclic) bond motifs is 1. The minimum Gasteiger partial charge on any atom is -0.442 e. The van der Waals surface area contributed by atoms with Crippen LogP contribution in [0, 0.1) is 6.92 Å². The molecule has 0 saturated carbocycles. The summed E-state index contributed by atoms with van der Waals surface area (Å²) in [6, 6.07) is 11.9. The van der Waals surface area contributed by atoms with Crippen LogP contribution in [0.15, 0.2) is 67.0 Å². The topological polar surface area (TPSA) is 27.1 Å². The van der Waals surface area contributed by atoms with E-state index >= 15 is 0 Å². The zero-order valence-corrected chi connectivity index (χ0v) is 15.0. The third-order valence-corrected chi connectivity index (χ3v) is 4.20. The predicted molar refractivity (Wildman–Crippen MR) is 99.6 cm³/mol. The average molecular weight is 372 g/mol. The number of alkyl halides is 3. The SMILES string of the molecule is C=C/C=C(/C)Oc1nn(Cc2cccc(C)c2C(F)(F)F)c2ccccc12. The molecule has 0 atom stereocenters. The molecular formula is C21H19F3N2O. The van der Waals surface area contributed by atoms with Crippen LogP contribution in [0.2, 0.25) is 0 Å². The van der Waals surface area contributed by atoms with Gasteiger partial charge in [-0.3, -0.25) is 4.68 Å². The quantitative estimate of drug-likeness (QED) is 0.413. The maximum atomic E-state index is 13.5. The Morgan fingerprint density at radius 2 is 1.93 bits per heavy atom. The molecule has 140 valence electrons. The van der Waals surface area contributed by atoms with Gasteiger partial charge in [0.2, 0.25) is 5.88 Å². The molecule has 1 heterocycles. The number of allylic oxidation sites excluding steroid dienone is 3. The number of para-hydroxylation sites is 1. The summed E-state index contributed by atoms with van der Waals surface area (Å²) in [4.78, 5) is 0. The van der Waals surface area contributed by atoms with E-state index < -0.39 is 11.7 Å². The largest absolute Gasteiger partial charge is 0.442 e. The Bertz CT molecular complexity index is 1020. The summed E-state index contributed by atoms with van der Waals surface area (Å²) in [7, 11) is 0. The zero-order chi connectivity index (χ0) is 19.6. The fourth-order valence-corrected chi connectivity index (χ4v) is 3.07. The Balaban J connectivity index is 2.08. The zero-order valence-electron chi connectivity index (χ0n) is 15.0. The third-order valence-electron chi connectivity index (χ3n) is 4.20. The van der Waals surface area contributed by atoms with Crippen LogP contribution >= 0.6 is 0 Å². The number of hydrogen-bond acceptors (Lipinski definition) is 2. The van der Waals surface area contributed by atoms with Gasteiger partial charge in [-0.25, -0.2) is 0 Å². The third kappa shape index (κ3) is 3.89. The molecule has 2 aromatic carbocycles.